The molecule has 0 aliphatic rings. The molecule has 1 aromatic heterocycles. The number of carbonyl (C=O) groups is 1. The van der Waals surface area contributed by atoms with Crippen molar-refractivity contribution in [3.63, 3.8) is 0 Å². The minimum absolute atomic E-state index is 0.169. The fourth-order valence-corrected chi connectivity index (χ4v) is 1.47. The summed E-state index contributed by atoms with van der Waals surface area (Å²) in [6.45, 7) is 8.12. The van der Waals surface area contributed by atoms with Crippen molar-refractivity contribution in [3.05, 3.63) is 54.4 Å². The molecule has 1 heterocycles. The van der Waals surface area contributed by atoms with E-state index in [-0.39, 0.29) is 11.1 Å². The van der Waals surface area contributed by atoms with E-state index in [1.807, 2.05) is 0 Å². The van der Waals surface area contributed by atoms with Gasteiger partial charge in [0.15, 0.2) is 0 Å². The number of amides is 1. The first kappa shape index (κ1) is 12.5. The summed E-state index contributed by atoms with van der Waals surface area (Å²) in [5.41, 5.74) is 0.396. The molecule has 0 bridgehead atoms. The Balaban J connectivity index is 2.94. The monoisotopic (exact) mass is 236 g/mol. The summed E-state index contributed by atoms with van der Waals surface area (Å²) in [6.07, 6.45) is 4.86. The average molecular weight is 237 g/mol. The summed E-state index contributed by atoms with van der Waals surface area (Å²) in [7, 11) is 0. The highest BCUT2D eigenvalue weighted by molar-refractivity contribution is 6.32. The predicted molar refractivity (Wildman–Crippen MR) is 65.5 cm³/mol. The van der Waals surface area contributed by atoms with Crippen LogP contribution < -0.4 is 0 Å². The van der Waals surface area contributed by atoms with Crippen LogP contribution in [0.1, 0.15) is 10.4 Å². The molecule has 0 aromatic carbocycles. The molecule has 0 unspecified atom stereocenters. The van der Waals surface area contributed by atoms with Crippen LogP contribution in [0.4, 0.5) is 0 Å². The van der Waals surface area contributed by atoms with Gasteiger partial charge in [-0.1, -0.05) is 23.8 Å². The Morgan fingerprint density at radius 1 is 1.44 bits per heavy atom. The molecule has 0 radical (unpaired) electrons. The van der Waals surface area contributed by atoms with Crippen LogP contribution in [0.15, 0.2) is 43.6 Å². The number of hydrogen-bond donors (Lipinski definition) is 0. The maximum Gasteiger partial charge on any atom is 0.257 e. The zero-order valence-electron chi connectivity index (χ0n) is 8.90. The van der Waals surface area contributed by atoms with Gasteiger partial charge in [0.1, 0.15) is 5.15 Å². The van der Waals surface area contributed by atoms with Gasteiger partial charge < -0.3 is 4.90 Å². The van der Waals surface area contributed by atoms with Gasteiger partial charge in [0.05, 0.1) is 5.56 Å². The lowest BCUT2D eigenvalue weighted by atomic mass is 10.2. The molecule has 0 N–H and O–H groups in total. The second kappa shape index (κ2) is 6.08. The summed E-state index contributed by atoms with van der Waals surface area (Å²) < 4.78 is 0. The minimum atomic E-state index is -0.169. The molecule has 0 saturated carbocycles. The number of halogens is 1. The van der Waals surface area contributed by atoms with Gasteiger partial charge in [0, 0.05) is 19.3 Å². The van der Waals surface area contributed by atoms with E-state index in [2.05, 4.69) is 18.1 Å². The van der Waals surface area contributed by atoms with Gasteiger partial charge in [-0.2, -0.15) is 0 Å². The number of pyridine rings is 1. The SMILES string of the molecule is C=CCN(CC=C)C(=O)c1cccnc1Cl. The molecular weight excluding hydrogens is 224 g/mol. The van der Waals surface area contributed by atoms with E-state index in [4.69, 9.17) is 11.6 Å². The van der Waals surface area contributed by atoms with Gasteiger partial charge in [-0.15, -0.1) is 13.2 Å². The summed E-state index contributed by atoms with van der Waals surface area (Å²) in [5.74, 6) is -0.169. The highest BCUT2D eigenvalue weighted by Crippen LogP contribution is 2.14. The molecule has 3 nitrogen and oxygen atoms in total. The molecule has 84 valence electrons. The molecule has 1 aromatic rings. The van der Waals surface area contributed by atoms with Crippen LogP contribution in [0, 0.1) is 0 Å². The highest BCUT2D eigenvalue weighted by Gasteiger charge is 2.16. The number of rotatable bonds is 5. The standard InChI is InChI=1S/C12H13ClN2O/c1-3-8-15(9-4-2)12(16)10-6-5-7-14-11(10)13/h3-7H,1-2,8-9H2. The summed E-state index contributed by atoms with van der Waals surface area (Å²) >= 11 is 5.85. The van der Waals surface area contributed by atoms with Crippen LogP contribution >= 0.6 is 11.6 Å². The van der Waals surface area contributed by atoms with Crippen LogP contribution in [-0.2, 0) is 0 Å². The van der Waals surface area contributed by atoms with E-state index < -0.39 is 0 Å². The maximum atomic E-state index is 12.1. The molecule has 0 saturated heterocycles. The van der Waals surface area contributed by atoms with Crippen molar-refractivity contribution in [1.29, 1.82) is 0 Å². The fraction of sp³-hybridized carbons (Fsp3) is 0.167. The first-order chi connectivity index (χ1) is 7.70. The largest absolute Gasteiger partial charge is 0.331 e. The van der Waals surface area contributed by atoms with Crippen molar-refractivity contribution >= 4 is 17.5 Å². The van der Waals surface area contributed by atoms with Gasteiger partial charge in [-0.05, 0) is 12.1 Å². The topological polar surface area (TPSA) is 33.2 Å². The summed E-state index contributed by atoms with van der Waals surface area (Å²) in [5, 5.41) is 0.214. The predicted octanol–water partition coefficient (Wildman–Crippen LogP) is 2.55. The minimum Gasteiger partial charge on any atom is -0.331 e. The van der Waals surface area contributed by atoms with Crippen molar-refractivity contribution in [1.82, 2.24) is 9.88 Å². The molecule has 0 aliphatic heterocycles. The lowest BCUT2D eigenvalue weighted by Gasteiger charge is -2.19. The third kappa shape index (κ3) is 2.94. The van der Waals surface area contributed by atoms with Crippen molar-refractivity contribution < 1.29 is 4.79 Å². The Labute approximate surface area is 100 Å². The lowest BCUT2D eigenvalue weighted by Crippen LogP contribution is -2.31. The van der Waals surface area contributed by atoms with Crippen LogP contribution in [0.25, 0.3) is 0 Å². The van der Waals surface area contributed by atoms with E-state index in [0.717, 1.165) is 0 Å². The molecule has 0 aliphatic carbocycles. The zero-order valence-corrected chi connectivity index (χ0v) is 9.65. The van der Waals surface area contributed by atoms with Crippen molar-refractivity contribution in [2.75, 3.05) is 13.1 Å². The maximum absolute atomic E-state index is 12.1. The quantitative estimate of drug-likeness (QED) is 0.582. The molecule has 0 spiro atoms. The molecule has 4 heteroatoms. The third-order valence-corrected chi connectivity index (χ3v) is 2.28. The number of carbonyl (C=O) groups excluding carboxylic acids is 1. The Morgan fingerprint density at radius 2 is 2.06 bits per heavy atom. The zero-order chi connectivity index (χ0) is 12.0. The normalized spacial score (nSPS) is 9.56. The van der Waals surface area contributed by atoms with Crippen molar-refractivity contribution in [2.45, 2.75) is 0 Å². The van der Waals surface area contributed by atoms with Gasteiger partial charge in [-0.25, -0.2) is 4.98 Å². The van der Waals surface area contributed by atoms with E-state index in [1.165, 1.54) is 0 Å². The molecule has 16 heavy (non-hydrogen) atoms. The van der Waals surface area contributed by atoms with E-state index in [9.17, 15) is 4.79 Å². The second-order valence-electron chi connectivity index (χ2n) is 3.13. The van der Waals surface area contributed by atoms with Gasteiger partial charge in [0.2, 0.25) is 0 Å². The van der Waals surface area contributed by atoms with Crippen LogP contribution in [0.3, 0.4) is 0 Å². The van der Waals surface area contributed by atoms with E-state index in [1.54, 1.807) is 35.4 Å². The van der Waals surface area contributed by atoms with Gasteiger partial charge in [0.25, 0.3) is 5.91 Å². The van der Waals surface area contributed by atoms with Crippen molar-refractivity contribution in [3.8, 4) is 0 Å². The second-order valence-corrected chi connectivity index (χ2v) is 3.49. The van der Waals surface area contributed by atoms with Gasteiger partial charge >= 0.3 is 0 Å². The third-order valence-electron chi connectivity index (χ3n) is 1.98. The Kier molecular flexibility index (Phi) is 4.73. The first-order valence-corrected chi connectivity index (χ1v) is 5.20. The number of nitrogens with zero attached hydrogens (tertiary/aromatic N) is 2. The van der Waals surface area contributed by atoms with Crippen LogP contribution in [0.5, 0.6) is 0 Å². The molecule has 1 rings (SSSR count). The van der Waals surface area contributed by atoms with Gasteiger partial charge in [-0.3, -0.25) is 4.79 Å². The summed E-state index contributed by atoms with van der Waals surface area (Å²) in [4.78, 5) is 17.5. The Morgan fingerprint density at radius 3 is 2.56 bits per heavy atom. The van der Waals surface area contributed by atoms with E-state index in [0.29, 0.717) is 18.7 Å². The molecular formula is C12H13ClN2O. The Hall–Kier alpha value is -1.61. The first-order valence-electron chi connectivity index (χ1n) is 4.82. The van der Waals surface area contributed by atoms with E-state index >= 15 is 0 Å². The number of hydrogen-bond acceptors (Lipinski definition) is 2. The van der Waals surface area contributed by atoms with Crippen molar-refractivity contribution in [2.24, 2.45) is 0 Å². The molecule has 1 amide bonds. The fourth-order valence-electron chi connectivity index (χ4n) is 1.27. The smallest absolute Gasteiger partial charge is 0.257 e. The number of aromatic nitrogens is 1. The summed E-state index contributed by atoms with van der Waals surface area (Å²) in [6, 6.07) is 3.33. The Bertz CT molecular complexity index is 394. The lowest BCUT2D eigenvalue weighted by molar-refractivity contribution is 0.0790. The molecule has 0 fully saturated rings. The van der Waals surface area contributed by atoms with Crippen LogP contribution in [0.2, 0.25) is 5.15 Å². The highest BCUT2D eigenvalue weighted by atomic mass is 35.5. The molecule has 0 atom stereocenters. The van der Waals surface area contributed by atoms with Crippen LogP contribution in [-0.4, -0.2) is 28.9 Å². The average Bonchev–Trinajstić information content (AvgIpc) is 2.28.